The monoisotopic (exact) mass is 253 g/mol. The van der Waals surface area contributed by atoms with Crippen molar-refractivity contribution in [1.29, 1.82) is 0 Å². The van der Waals surface area contributed by atoms with Crippen LogP contribution in [0.15, 0.2) is 24.3 Å². The minimum Gasteiger partial charge on any atom is -0.274 e. The smallest absolute Gasteiger partial charge is 0.234 e. The number of rotatable bonds is 2. The SMILES string of the molecule is CSC1CC(=O)N(c2ccc(F)cc2)C(=O)C1. The number of carbonyl (C=O) groups is 2. The summed E-state index contributed by atoms with van der Waals surface area (Å²) < 4.78 is 12.8. The van der Waals surface area contributed by atoms with Crippen molar-refractivity contribution in [2.45, 2.75) is 18.1 Å². The van der Waals surface area contributed by atoms with Gasteiger partial charge in [0.2, 0.25) is 11.8 Å². The van der Waals surface area contributed by atoms with Gasteiger partial charge >= 0.3 is 0 Å². The molecule has 0 aliphatic carbocycles. The first-order chi connectivity index (χ1) is 8.11. The van der Waals surface area contributed by atoms with E-state index in [1.54, 1.807) is 0 Å². The fraction of sp³-hybridized carbons (Fsp3) is 0.333. The van der Waals surface area contributed by atoms with Crippen LogP contribution in [0, 0.1) is 5.82 Å². The van der Waals surface area contributed by atoms with Crippen molar-refractivity contribution in [2.75, 3.05) is 11.2 Å². The van der Waals surface area contributed by atoms with E-state index in [0.717, 1.165) is 4.90 Å². The van der Waals surface area contributed by atoms with Crippen LogP contribution in [0.5, 0.6) is 0 Å². The summed E-state index contributed by atoms with van der Waals surface area (Å²) in [4.78, 5) is 24.9. The molecule has 1 fully saturated rings. The maximum atomic E-state index is 12.8. The lowest BCUT2D eigenvalue weighted by atomic mass is 10.1. The van der Waals surface area contributed by atoms with Crippen LogP contribution in [-0.2, 0) is 9.59 Å². The van der Waals surface area contributed by atoms with E-state index in [9.17, 15) is 14.0 Å². The van der Waals surface area contributed by atoms with E-state index in [1.807, 2.05) is 6.26 Å². The van der Waals surface area contributed by atoms with Crippen molar-refractivity contribution >= 4 is 29.3 Å². The Hall–Kier alpha value is -1.36. The van der Waals surface area contributed by atoms with Gasteiger partial charge in [0.05, 0.1) is 5.69 Å². The summed E-state index contributed by atoms with van der Waals surface area (Å²) in [5.41, 5.74) is 0.445. The average molecular weight is 253 g/mol. The zero-order valence-corrected chi connectivity index (χ0v) is 10.2. The molecule has 2 rings (SSSR count). The van der Waals surface area contributed by atoms with Gasteiger partial charge in [-0.15, -0.1) is 0 Å². The summed E-state index contributed by atoms with van der Waals surface area (Å²) in [5.74, 6) is -0.813. The highest BCUT2D eigenvalue weighted by Crippen LogP contribution is 2.27. The van der Waals surface area contributed by atoms with Crippen LogP contribution in [0.2, 0.25) is 0 Å². The Kier molecular flexibility index (Phi) is 3.47. The van der Waals surface area contributed by atoms with Gasteiger partial charge in [-0.2, -0.15) is 11.8 Å². The first-order valence-corrected chi connectivity index (χ1v) is 6.54. The summed E-state index contributed by atoms with van der Waals surface area (Å²) in [6.45, 7) is 0. The molecule has 3 nitrogen and oxygen atoms in total. The lowest BCUT2D eigenvalue weighted by Gasteiger charge is -2.29. The second kappa shape index (κ2) is 4.87. The highest BCUT2D eigenvalue weighted by Gasteiger charge is 2.32. The molecule has 5 heteroatoms. The molecule has 0 N–H and O–H groups in total. The van der Waals surface area contributed by atoms with E-state index in [2.05, 4.69) is 0 Å². The molecule has 1 aromatic rings. The second-order valence-electron chi connectivity index (χ2n) is 3.87. The maximum Gasteiger partial charge on any atom is 0.234 e. The van der Waals surface area contributed by atoms with E-state index in [-0.39, 0.29) is 22.9 Å². The van der Waals surface area contributed by atoms with Gasteiger partial charge < -0.3 is 0 Å². The highest BCUT2D eigenvalue weighted by molar-refractivity contribution is 7.99. The average Bonchev–Trinajstić information content (AvgIpc) is 2.30. The van der Waals surface area contributed by atoms with Gasteiger partial charge in [0.15, 0.2) is 0 Å². The van der Waals surface area contributed by atoms with Crippen LogP contribution >= 0.6 is 11.8 Å². The molecule has 0 bridgehead atoms. The topological polar surface area (TPSA) is 37.4 Å². The van der Waals surface area contributed by atoms with E-state index >= 15 is 0 Å². The van der Waals surface area contributed by atoms with Crippen molar-refractivity contribution in [3.05, 3.63) is 30.1 Å². The molecule has 0 saturated carbocycles. The first kappa shape index (κ1) is 12.1. The van der Waals surface area contributed by atoms with Crippen LogP contribution in [-0.4, -0.2) is 23.3 Å². The number of thioether (sulfide) groups is 1. The Bertz CT molecular complexity index is 428. The minimum atomic E-state index is -0.382. The molecule has 90 valence electrons. The minimum absolute atomic E-state index is 0.0618. The third-order valence-corrected chi connectivity index (χ3v) is 3.72. The lowest BCUT2D eigenvalue weighted by Crippen LogP contribution is -2.44. The van der Waals surface area contributed by atoms with E-state index < -0.39 is 0 Å². The van der Waals surface area contributed by atoms with Crippen molar-refractivity contribution < 1.29 is 14.0 Å². The molecule has 1 aliphatic heterocycles. The summed E-state index contributed by atoms with van der Waals surface area (Å²) in [5, 5.41) is 0.0618. The molecule has 1 aliphatic rings. The maximum absolute atomic E-state index is 12.8. The molecule has 0 aromatic heterocycles. The van der Waals surface area contributed by atoms with Gasteiger partial charge in [-0.25, -0.2) is 4.39 Å². The predicted octanol–water partition coefficient (Wildman–Crippen LogP) is 2.21. The summed E-state index contributed by atoms with van der Waals surface area (Å²) in [7, 11) is 0. The van der Waals surface area contributed by atoms with Crippen molar-refractivity contribution in [3.8, 4) is 0 Å². The van der Waals surface area contributed by atoms with Crippen LogP contribution in [0.25, 0.3) is 0 Å². The summed E-state index contributed by atoms with van der Waals surface area (Å²) >= 11 is 1.52. The molecule has 0 atom stereocenters. The number of imide groups is 1. The van der Waals surface area contributed by atoms with Crippen LogP contribution in [0.3, 0.4) is 0 Å². The molecule has 0 unspecified atom stereocenters. The fourth-order valence-electron chi connectivity index (χ4n) is 1.83. The van der Waals surface area contributed by atoms with Crippen LogP contribution in [0.4, 0.5) is 10.1 Å². The van der Waals surface area contributed by atoms with Gasteiger partial charge in [-0.1, -0.05) is 0 Å². The summed E-state index contributed by atoms with van der Waals surface area (Å²) in [6.07, 6.45) is 2.59. The van der Waals surface area contributed by atoms with Gasteiger partial charge in [0.1, 0.15) is 5.82 Å². The van der Waals surface area contributed by atoms with Crippen molar-refractivity contribution in [3.63, 3.8) is 0 Å². The predicted molar refractivity (Wildman–Crippen MR) is 65.4 cm³/mol. The number of amides is 2. The quantitative estimate of drug-likeness (QED) is 0.758. The number of carbonyl (C=O) groups excluding carboxylic acids is 2. The van der Waals surface area contributed by atoms with Gasteiger partial charge in [0.25, 0.3) is 0 Å². The Morgan fingerprint density at radius 3 is 2.18 bits per heavy atom. The van der Waals surface area contributed by atoms with E-state index in [0.29, 0.717) is 18.5 Å². The molecule has 1 heterocycles. The van der Waals surface area contributed by atoms with E-state index in [4.69, 9.17) is 0 Å². The molecular formula is C12H12FNO2S. The number of anilines is 1. The molecule has 2 amide bonds. The van der Waals surface area contributed by atoms with Gasteiger partial charge in [-0.05, 0) is 30.5 Å². The number of hydrogen-bond donors (Lipinski definition) is 0. The molecule has 1 saturated heterocycles. The number of benzene rings is 1. The number of hydrogen-bond acceptors (Lipinski definition) is 3. The Morgan fingerprint density at radius 2 is 1.71 bits per heavy atom. The van der Waals surface area contributed by atoms with Gasteiger partial charge in [0, 0.05) is 18.1 Å². The normalized spacial score (nSPS) is 17.6. The Morgan fingerprint density at radius 1 is 1.18 bits per heavy atom. The Balaban J connectivity index is 2.24. The second-order valence-corrected chi connectivity index (χ2v) is 5.00. The van der Waals surface area contributed by atoms with E-state index in [1.165, 1.54) is 36.0 Å². The van der Waals surface area contributed by atoms with Crippen LogP contribution < -0.4 is 4.90 Å². The molecule has 17 heavy (non-hydrogen) atoms. The molecule has 0 radical (unpaired) electrons. The molecular weight excluding hydrogens is 241 g/mol. The molecule has 0 spiro atoms. The number of halogens is 1. The third kappa shape index (κ3) is 2.49. The number of nitrogens with zero attached hydrogens (tertiary/aromatic N) is 1. The third-order valence-electron chi connectivity index (χ3n) is 2.72. The Labute approximate surface area is 103 Å². The zero-order valence-electron chi connectivity index (χ0n) is 9.35. The first-order valence-electron chi connectivity index (χ1n) is 5.26. The zero-order chi connectivity index (χ0) is 12.4. The largest absolute Gasteiger partial charge is 0.274 e. The standard InChI is InChI=1S/C12H12FNO2S/c1-17-10-6-11(15)14(12(16)7-10)9-4-2-8(13)3-5-9/h2-5,10H,6-7H2,1H3. The van der Waals surface area contributed by atoms with Gasteiger partial charge in [-0.3, -0.25) is 14.5 Å². The van der Waals surface area contributed by atoms with Crippen LogP contribution in [0.1, 0.15) is 12.8 Å². The number of piperidine rings is 1. The summed E-state index contributed by atoms with van der Waals surface area (Å²) in [6, 6.07) is 5.39. The van der Waals surface area contributed by atoms with Crippen molar-refractivity contribution in [1.82, 2.24) is 0 Å². The lowest BCUT2D eigenvalue weighted by molar-refractivity contribution is -0.128. The molecule has 1 aromatic carbocycles. The highest BCUT2D eigenvalue weighted by atomic mass is 32.2. The fourth-order valence-corrected chi connectivity index (χ4v) is 2.45. The van der Waals surface area contributed by atoms with Crippen molar-refractivity contribution in [2.24, 2.45) is 0 Å².